The van der Waals surface area contributed by atoms with Crippen LogP contribution in [0.5, 0.6) is 0 Å². The fraction of sp³-hybridized carbons (Fsp3) is 0.0400. The first-order valence-corrected chi connectivity index (χ1v) is 8.93. The Kier molecular flexibility index (Phi) is 4.63. The van der Waals surface area contributed by atoms with Gasteiger partial charge in [0.05, 0.1) is 5.69 Å². The van der Waals surface area contributed by atoms with E-state index in [2.05, 4.69) is 29.8 Å². The van der Waals surface area contributed by atoms with Gasteiger partial charge < -0.3 is 0 Å². The van der Waals surface area contributed by atoms with Crippen LogP contribution in [0.25, 0.3) is 28.1 Å². The highest BCUT2D eigenvalue weighted by atomic mass is 16.1. The second-order valence-electron chi connectivity index (χ2n) is 6.54. The molecule has 3 aromatic carbocycles. The highest BCUT2D eigenvalue weighted by molar-refractivity contribution is 5.98. The summed E-state index contributed by atoms with van der Waals surface area (Å²) in [5, 5.41) is 2.28. The Hall–Kier alpha value is -3.52. The highest BCUT2D eigenvalue weighted by Crippen LogP contribution is 2.22. The van der Waals surface area contributed by atoms with Crippen LogP contribution >= 0.6 is 0 Å². The van der Waals surface area contributed by atoms with Gasteiger partial charge in [0.1, 0.15) is 0 Å². The average molecular weight is 349 g/mol. The second kappa shape index (κ2) is 7.38. The minimum absolute atomic E-state index is 0.111. The first kappa shape index (κ1) is 16.9. The smallest absolute Gasteiger partial charge is 0.167 e. The minimum atomic E-state index is 0.111. The monoisotopic (exact) mass is 349 g/mol. The number of rotatable bonds is 5. The lowest BCUT2D eigenvalue weighted by molar-refractivity contribution is 0.0993. The van der Waals surface area contributed by atoms with E-state index in [-0.39, 0.29) is 5.78 Å². The van der Waals surface area contributed by atoms with Gasteiger partial charge in [0, 0.05) is 29.1 Å². The van der Waals surface area contributed by atoms with Crippen molar-refractivity contribution in [3.05, 3.63) is 108 Å². The number of ketones is 1. The summed E-state index contributed by atoms with van der Waals surface area (Å²) in [5.74, 6) is 0.111. The molecule has 0 aliphatic rings. The lowest BCUT2D eigenvalue weighted by atomic mass is 10.00. The number of carbonyl (C=O) groups excluding carboxylic acids is 1. The van der Waals surface area contributed by atoms with Crippen LogP contribution in [0.15, 0.2) is 91.6 Å². The van der Waals surface area contributed by atoms with E-state index in [1.807, 2.05) is 66.9 Å². The molecule has 2 heteroatoms. The van der Waals surface area contributed by atoms with Crippen LogP contribution in [0.3, 0.4) is 0 Å². The van der Waals surface area contributed by atoms with Crippen LogP contribution in [0, 0.1) is 0 Å². The zero-order chi connectivity index (χ0) is 18.6. The molecule has 1 heterocycles. The molecule has 4 aromatic rings. The van der Waals surface area contributed by atoms with Crippen LogP contribution in [-0.4, -0.2) is 10.8 Å². The van der Waals surface area contributed by atoms with Crippen molar-refractivity contribution in [2.24, 2.45) is 0 Å². The molecule has 0 spiro atoms. The first-order valence-electron chi connectivity index (χ1n) is 8.93. The third kappa shape index (κ3) is 3.70. The van der Waals surface area contributed by atoms with Gasteiger partial charge in [-0.05, 0) is 22.6 Å². The Morgan fingerprint density at radius 2 is 1.59 bits per heavy atom. The predicted molar refractivity (Wildman–Crippen MR) is 112 cm³/mol. The number of hydrogen-bond donors (Lipinski definition) is 0. The third-order valence-electron chi connectivity index (χ3n) is 4.71. The van der Waals surface area contributed by atoms with E-state index in [1.165, 1.54) is 0 Å². The number of fused-ring (bicyclic) bond motifs is 1. The number of carbonyl (C=O) groups is 1. The molecule has 0 N–H and O–H groups in total. The molecule has 130 valence electrons. The van der Waals surface area contributed by atoms with Crippen LogP contribution in [0.4, 0.5) is 0 Å². The standard InChI is InChI=1S/C25H19NO/c1-2-18-7-9-19(10-8-18)15-25(27)21-13-11-20(12-14-21)24-16-22-5-3-4-6-23(22)17-26-24/h2-14,16-17H,1,15H2. The Labute approximate surface area is 158 Å². The summed E-state index contributed by atoms with van der Waals surface area (Å²) >= 11 is 0. The number of Topliss-reactive ketones (excluding diaryl/α,β-unsaturated/α-hetero) is 1. The lowest BCUT2D eigenvalue weighted by Gasteiger charge is -2.06. The van der Waals surface area contributed by atoms with Gasteiger partial charge >= 0.3 is 0 Å². The molecule has 0 aliphatic carbocycles. The Morgan fingerprint density at radius 3 is 2.30 bits per heavy atom. The summed E-state index contributed by atoms with van der Waals surface area (Å²) in [5.41, 5.74) is 4.69. The molecule has 0 amide bonds. The molecule has 0 radical (unpaired) electrons. The van der Waals surface area contributed by atoms with Gasteiger partial charge in [0.25, 0.3) is 0 Å². The van der Waals surface area contributed by atoms with Gasteiger partial charge in [0.15, 0.2) is 5.78 Å². The number of pyridine rings is 1. The summed E-state index contributed by atoms with van der Waals surface area (Å²) in [7, 11) is 0. The molecule has 4 rings (SSSR count). The van der Waals surface area contributed by atoms with Crippen LogP contribution in [0.1, 0.15) is 21.5 Å². The summed E-state index contributed by atoms with van der Waals surface area (Å²) in [6, 6.07) is 25.8. The van der Waals surface area contributed by atoms with E-state index >= 15 is 0 Å². The van der Waals surface area contributed by atoms with Gasteiger partial charge in [-0.1, -0.05) is 85.5 Å². The van der Waals surface area contributed by atoms with Crippen molar-refractivity contribution in [1.29, 1.82) is 0 Å². The zero-order valence-electron chi connectivity index (χ0n) is 14.9. The molecular weight excluding hydrogens is 330 g/mol. The number of nitrogens with zero attached hydrogens (tertiary/aromatic N) is 1. The summed E-state index contributed by atoms with van der Waals surface area (Å²) in [6.07, 6.45) is 4.08. The molecule has 0 atom stereocenters. The average Bonchev–Trinajstić information content (AvgIpc) is 2.74. The maximum atomic E-state index is 12.6. The zero-order valence-corrected chi connectivity index (χ0v) is 14.9. The van der Waals surface area contributed by atoms with Crippen molar-refractivity contribution in [1.82, 2.24) is 4.98 Å². The Bertz CT molecular complexity index is 1110. The van der Waals surface area contributed by atoms with Crippen molar-refractivity contribution < 1.29 is 4.79 Å². The molecule has 0 aliphatic heterocycles. The van der Waals surface area contributed by atoms with E-state index in [0.29, 0.717) is 12.0 Å². The Morgan fingerprint density at radius 1 is 0.889 bits per heavy atom. The number of hydrogen-bond acceptors (Lipinski definition) is 2. The number of aromatic nitrogens is 1. The van der Waals surface area contributed by atoms with Crippen molar-refractivity contribution in [2.45, 2.75) is 6.42 Å². The van der Waals surface area contributed by atoms with E-state index in [4.69, 9.17) is 0 Å². The van der Waals surface area contributed by atoms with Gasteiger partial charge in [-0.3, -0.25) is 9.78 Å². The fourth-order valence-corrected chi connectivity index (χ4v) is 3.13. The molecule has 0 fully saturated rings. The van der Waals surface area contributed by atoms with Crippen molar-refractivity contribution in [2.75, 3.05) is 0 Å². The second-order valence-corrected chi connectivity index (χ2v) is 6.54. The van der Waals surface area contributed by atoms with E-state index < -0.39 is 0 Å². The summed E-state index contributed by atoms with van der Waals surface area (Å²) < 4.78 is 0. The van der Waals surface area contributed by atoms with Crippen molar-refractivity contribution in [3.8, 4) is 11.3 Å². The first-order chi connectivity index (χ1) is 13.2. The van der Waals surface area contributed by atoms with E-state index in [1.54, 1.807) is 6.08 Å². The molecular formula is C25H19NO. The molecule has 0 saturated carbocycles. The summed E-state index contributed by atoms with van der Waals surface area (Å²) in [4.78, 5) is 17.1. The van der Waals surface area contributed by atoms with Gasteiger partial charge in [-0.15, -0.1) is 0 Å². The lowest BCUT2D eigenvalue weighted by Crippen LogP contribution is -2.03. The quantitative estimate of drug-likeness (QED) is 0.415. The van der Waals surface area contributed by atoms with Crippen molar-refractivity contribution in [3.63, 3.8) is 0 Å². The largest absolute Gasteiger partial charge is 0.294 e. The van der Waals surface area contributed by atoms with E-state index in [0.717, 1.165) is 33.2 Å². The Balaban J connectivity index is 1.53. The van der Waals surface area contributed by atoms with Crippen molar-refractivity contribution >= 4 is 22.6 Å². The predicted octanol–water partition coefficient (Wildman–Crippen LogP) is 5.97. The van der Waals surface area contributed by atoms with Gasteiger partial charge in [0.2, 0.25) is 0 Å². The topological polar surface area (TPSA) is 30.0 Å². The molecule has 0 saturated heterocycles. The van der Waals surface area contributed by atoms with E-state index in [9.17, 15) is 4.79 Å². The minimum Gasteiger partial charge on any atom is -0.294 e. The molecule has 0 bridgehead atoms. The SMILES string of the molecule is C=Cc1ccc(CC(=O)c2ccc(-c3cc4ccccc4cn3)cc2)cc1. The van der Waals surface area contributed by atoms with Crippen LogP contribution in [-0.2, 0) is 6.42 Å². The van der Waals surface area contributed by atoms with Crippen LogP contribution in [0.2, 0.25) is 0 Å². The maximum Gasteiger partial charge on any atom is 0.167 e. The van der Waals surface area contributed by atoms with Gasteiger partial charge in [-0.2, -0.15) is 0 Å². The fourth-order valence-electron chi connectivity index (χ4n) is 3.13. The molecule has 2 nitrogen and oxygen atoms in total. The highest BCUT2D eigenvalue weighted by Gasteiger charge is 2.08. The van der Waals surface area contributed by atoms with Gasteiger partial charge in [-0.25, -0.2) is 0 Å². The molecule has 27 heavy (non-hydrogen) atoms. The molecule has 0 unspecified atom stereocenters. The molecule has 1 aromatic heterocycles. The number of benzene rings is 3. The van der Waals surface area contributed by atoms with Crippen LogP contribution < -0.4 is 0 Å². The third-order valence-corrected chi connectivity index (χ3v) is 4.71. The normalized spacial score (nSPS) is 10.7. The maximum absolute atomic E-state index is 12.6. The summed E-state index contributed by atoms with van der Waals surface area (Å²) in [6.45, 7) is 3.75.